The zero-order valence-electron chi connectivity index (χ0n) is 21.1. The molecule has 37 heavy (non-hydrogen) atoms. The fourth-order valence-corrected chi connectivity index (χ4v) is 4.87. The van der Waals surface area contributed by atoms with Gasteiger partial charge in [-0.25, -0.2) is 9.48 Å². The second-order valence-electron chi connectivity index (χ2n) is 9.24. The molecule has 0 saturated carbocycles. The predicted molar refractivity (Wildman–Crippen MR) is 149 cm³/mol. The van der Waals surface area contributed by atoms with Gasteiger partial charge in [-0.15, -0.1) is 0 Å². The highest BCUT2D eigenvalue weighted by molar-refractivity contribution is 6.37. The van der Waals surface area contributed by atoms with Gasteiger partial charge < -0.3 is 15.2 Å². The van der Waals surface area contributed by atoms with Crippen LogP contribution in [0.15, 0.2) is 66.9 Å². The number of carboxylic acids is 1. The van der Waals surface area contributed by atoms with Gasteiger partial charge >= 0.3 is 5.97 Å². The largest absolute Gasteiger partial charge is 0.487 e. The Morgan fingerprint density at radius 3 is 2.30 bits per heavy atom. The molecular formula is C29H29Cl2N3O3. The van der Waals surface area contributed by atoms with Crippen LogP contribution in [-0.4, -0.2) is 20.9 Å². The first kappa shape index (κ1) is 26.6. The van der Waals surface area contributed by atoms with Gasteiger partial charge in [0.05, 0.1) is 27.5 Å². The molecule has 0 aliphatic heterocycles. The molecule has 3 aromatic carbocycles. The zero-order valence-corrected chi connectivity index (χ0v) is 22.6. The maximum atomic E-state index is 11.1. The number of ether oxygens (including phenoxy) is 1. The summed E-state index contributed by atoms with van der Waals surface area (Å²) < 4.78 is 8.00. The van der Waals surface area contributed by atoms with Crippen LogP contribution in [0.1, 0.15) is 65.5 Å². The average Bonchev–Trinajstić information content (AvgIpc) is 3.26. The van der Waals surface area contributed by atoms with Crippen LogP contribution in [0.25, 0.3) is 5.69 Å². The van der Waals surface area contributed by atoms with Gasteiger partial charge in [-0.05, 0) is 85.0 Å². The zero-order chi connectivity index (χ0) is 26.7. The summed E-state index contributed by atoms with van der Waals surface area (Å²) in [6, 6.07) is 18.1. The van der Waals surface area contributed by atoms with Crippen LogP contribution in [0.2, 0.25) is 10.0 Å². The van der Waals surface area contributed by atoms with Crippen molar-refractivity contribution in [1.82, 2.24) is 9.78 Å². The molecular weight excluding hydrogens is 509 g/mol. The Hall–Kier alpha value is -3.48. The lowest BCUT2D eigenvalue weighted by atomic mass is 10.0. The number of hydrogen-bond donors (Lipinski definition) is 2. The summed E-state index contributed by atoms with van der Waals surface area (Å²) in [4.78, 5) is 11.1. The van der Waals surface area contributed by atoms with Crippen molar-refractivity contribution >= 4 is 34.9 Å². The Morgan fingerprint density at radius 1 is 1.03 bits per heavy atom. The lowest BCUT2D eigenvalue weighted by Gasteiger charge is -2.19. The Kier molecular flexibility index (Phi) is 8.10. The van der Waals surface area contributed by atoms with E-state index in [0.29, 0.717) is 22.3 Å². The van der Waals surface area contributed by atoms with Crippen LogP contribution >= 0.6 is 23.2 Å². The third-order valence-electron chi connectivity index (χ3n) is 6.27. The topological polar surface area (TPSA) is 76.4 Å². The molecule has 8 heteroatoms. The molecule has 4 aromatic rings. The fourth-order valence-electron chi connectivity index (χ4n) is 4.31. The second kappa shape index (κ2) is 11.3. The minimum atomic E-state index is -0.940. The van der Waals surface area contributed by atoms with Crippen LogP contribution < -0.4 is 10.1 Å². The monoisotopic (exact) mass is 537 g/mol. The van der Waals surface area contributed by atoms with Crippen molar-refractivity contribution in [2.75, 3.05) is 5.32 Å². The van der Waals surface area contributed by atoms with E-state index in [1.54, 1.807) is 41.1 Å². The number of carboxylic acid groups (broad SMARTS) is 1. The van der Waals surface area contributed by atoms with E-state index >= 15 is 0 Å². The molecule has 0 radical (unpaired) electrons. The maximum Gasteiger partial charge on any atom is 0.335 e. The summed E-state index contributed by atoms with van der Waals surface area (Å²) in [5.74, 6) is 0.0470. The number of carbonyl (C=O) groups is 1. The van der Waals surface area contributed by atoms with E-state index in [2.05, 4.69) is 31.2 Å². The summed E-state index contributed by atoms with van der Waals surface area (Å²) in [5.41, 5.74) is 5.90. The van der Waals surface area contributed by atoms with Gasteiger partial charge in [-0.3, -0.25) is 0 Å². The Labute approximate surface area is 226 Å². The van der Waals surface area contributed by atoms with Crippen LogP contribution in [0.3, 0.4) is 0 Å². The number of aromatic nitrogens is 2. The molecule has 1 heterocycles. The minimum absolute atomic E-state index is 0.0149. The highest BCUT2D eigenvalue weighted by Crippen LogP contribution is 2.32. The number of benzene rings is 3. The number of para-hydroxylation sites is 1. The molecule has 0 spiro atoms. The molecule has 0 bridgehead atoms. The van der Waals surface area contributed by atoms with Gasteiger partial charge in [0.1, 0.15) is 18.0 Å². The van der Waals surface area contributed by atoms with Crippen molar-refractivity contribution in [3.8, 4) is 11.4 Å². The molecule has 2 N–H and O–H groups in total. The van der Waals surface area contributed by atoms with Crippen molar-refractivity contribution in [1.29, 1.82) is 0 Å². The lowest BCUT2D eigenvalue weighted by molar-refractivity contribution is 0.0697. The number of rotatable bonds is 9. The molecule has 192 valence electrons. The summed E-state index contributed by atoms with van der Waals surface area (Å²) in [7, 11) is 0. The Morgan fingerprint density at radius 2 is 1.70 bits per heavy atom. The molecule has 6 nitrogen and oxygen atoms in total. The van der Waals surface area contributed by atoms with Crippen LogP contribution in [0.4, 0.5) is 5.69 Å². The third-order valence-corrected chi connectivity index (χ3v) is 6.88. The van der Waals surface area contributed by atoms with Gasteiger partial charge in [-0.2, -0.15) is 5.10 Å². The quantitative estimate of drug-likeness (QED) is 0.225. The van der Waals surface area contributed by atoms with Crippen LogP contribution in [0, 0.1) is 6.92 Å². The van der Waals surface area contributed by atoms with Gasteiger partial charge in [-0.1, -0.05) is 49.2 Å². The van der Waals surface area contributed by atoms with Crippen molar-refractivity contribution in [2.45, 2.75) is 46.3 Å². The lowest BCUT2D eigenvalue weighted by Crippen LogP contribution is -2.10. The summed E-state index contributed by atoms with van der Waals surface area (Å²) >= 11 is 12.9. The van der Waals surface area contributed by atoms with E-state index in [-0.39, 0.29) is 17.5 Å². The van der Waals surface area contributed by atoms with E-state index in [9.17, 15) is 4.79 Å². The van der Waals surface area contributed by atoms with E-state index in [1.165, 1.54) is 0 Å². The van der Waals surface area contributed by atoms with Crippen molar-refractivity contribution in [3.05, 3.63) is 105 Å². The standard InChI is InChI=1S/C29H29Cl2N3O3/c1-17(2)24-15-32-34(28-25(30)6-5-7-26(28)31)27(24)16-37-22-12-13-23(18(3)14-22)19(4)33-21-10-8-20(9-11-21)29(35)36/h5-15,17,19,33H,16H2,1-4H3,(H,35,36). The van der Waals surface area contributed by atoms with E-state index in [4.69, 9.17) is 33.0 Å². The number of aromatic carboxylic acids is 1. The normalized spacial score (nSPS) is 12.0. The van der Waals surface area contributed by atoms with Gasteiger partial charge in [0.2, 0.25) is 0 Å². The Balaban J connectivity index is 1.52. The third kappa shape index (κ3) is 5.92. The highest BCUT2D eigenvalue weighted by atomic mass is 35.5. The smallest absolute Gasteiger partial charge is 0.335 e. The first-order chi connectivity index (χ1) is 17.7. The number of hydrogen-bond acceptors (Lipinski definition) is 4. The minimum Gasteiger partial charge on any atom is -0.487 e. The predicted octanol–water partition coefficient (Wildman–Crippen LogP) is 8.06. The van der Waals surface area contributed by atoms with Crippen LogP contribution in [-0.2, 0) is 6.61 Å². The summed E-state index contributed by atoms with van der Waals surface area (Å²) in [6.45, 7) is 8.64. The average molecular weight is 538 g/mol. The molecule has 4 rings (SSSR count). The van der Waals surface area contributed by atoms with E-state index in [0.717, 1.165) is 33.8 Å². The van der Waals surface area contributed by atoms with E-state index < -0.39 is 5.97 Å². The number of anilines is 1. The van der Waals surface area contributed by atoms with Crippen LogP contribution in [0.5, 0.6) is 5.75 Å². The summed E-state index contributed by atoms with van der Waals surface area (Å²) in [6.07, 6.45) is 1.84. The number of aryl methyl sites for hydroxylation is 1. The van der Waals surface area contributed by atoms with Crippen molar-refractivity contribution in [3.63, 3.8) is 0 Å². The number of nitrogens with zero attached hydrogens (tertiary/aromatic N) is 2. The molecule has 1 unspecified atom stereocenters. The molecule has 0 aliphatic carbocycles. The first-order valence-electron chi connectivity index (χ1n) is 12.0. The van der Waals surface area contributed by atoms with E-state index in [1.807, 2.05) is 37.4 Å². The van der Waals surface area contributed by atoms with Gasteiger partial charge in [0.15, 0.2) is 0 Å². The van der Waals surface area contributed by atoms with Gasteiger partial charge in [0, 0.05) is 11.7 Å². The number of halogens is 2. The fraction of sp³-hybridized carbons (Fsp3) is 0.241. The summed E-state index contributed by atoms with van der Waals surface area (Å²) in [5, 5.41) is 18.1. The first-order valence-corrected chi connectivity index (χ1v) is 12.8. The second-order valence-corrected chi connectivity index (χ2v) is 10.1. The maximum absolute atomic E-state index is 11.1. The van der Waals surface area contributed by atoms with Gasteiger partial charge in [0.25, 0.3) is 0 Å². The highest BCUT2D eigenvalue weighted by Gasteiger charge is 2.19. The molecule has 0 amide bonds. The SMILES string of the molecule is Cc1cc(OCc2c(C(C)C)cnn2-c2c(Cl)cccc2Cl)ccc1C(C)Nc1ccc(C(=O)O)cc1. The number of nitrogens with one attached hydrogen (secondary N) is 1. The molecule has 0 fully saturated rings. The molecule has 0 saturated heterocycles. The molecule has 0 aliphatic rings. The molecule has 1 aromatic heterocycles. The molecule has 1 atom stereocenters. The Bertz CT molecular complexity index is 1390. The van der Waals surface area contributed by atoms with Crippen molar-refractivity contribution < 1.29 is 14.6 Å². The van der Waals surface area contributed by atoms with Crippen molar-refractivity contribution in [2.24, 2.45) is 0 Å².